The second-order valence-electron chi connectivity index (χ2n) is 5.32. The number of benzene rings is 2. The van der Waals surface area contributed by atoms with E-state index < -0.39 is 19.7 Å². The maximum atomic E-state index is 12.2. The van der Waals surface area contributed by atoms with Crippen LogP contribution in [0.25, 0.3) is 0 Å². The predicted molar refractivity (Wildman–Crippen MR) is 90.7 cm³/mol. The molecule has 0 radical (unpaired) electrons. The van der Waals surface area contributed by atoms with E-state index in [4.69, 9.17) is 0 Å². The highest BCUT2D eigenvalue weighted by atomic mass is 32.2. The SMILES string of the molecule is Cc1ccc(S(=O)(=O)C=CCS(=O)(=O)c2ccc(C)cc2)cc1. The lowest BCUT2D eigenvalue weighted by Gasteiger charge is -2.02. The van der Waals surface area contributed by atoms with Crippen LogP contribution in [0.1, 0.15) is 11.1 Å². The Kier molecular flexibility index (Phi) is 5.06. The van der Waals surface area contributed by atoms with Gasteiger partial charge in [-0.1, -0.05) is 41.5 Å². The van der Waals surface area contributed by atoms with Crippen LogP contribution in [0.15, 0.2) is 69.8 Å². The summed E-state index contributed by atoms with van der Waals surface area (Å²) in [7, 11) is -7.17. The zero-order chi connectivity index (χ0) is 17.1. The van der Waals surface area contributed by atoms with Crippen LogP contribution in [0.5, 0.6) is 0 Å². The molecule has 23 heavy (non-hydrogen) atoms. The van der Waals surface area contributed by atoms with Crippen molar-refractivity contribution in [3.05, 3.63) is 71.1 Å². The van der Waals surface area contributed by atoms with Gasteiger partial charge in [-0.2, -0.15) is 0 Å². The Bertz CT molecular complexity index is 906. The van der Waals surface area contributed by atoms with Crippen molar-refractivity contribution in [2.24, 2.45) is 0 Å². The van der Waals surface area contributed by atoms with Crippen LogP contribution in [0.4, 0.5) is 0 Å². The Hall–Kier alpha value is -1.92. The second-order valence-corrected chi connectivity index (χ2v) is 9.19. The molecular formula is C17H18O4S2. The summed E-state index contributed by atoms with van der Waals surface area (Å²) in [5.41, 5.74) is 1.91. The third-order valence-electron chi connectivity index (χ3n) is 3.32. The van der Waals surface area contributed by atoms with Gasteiger partial charge in [0.2, 0.25) is 0 Å². The molecule has 2 aromatic carbocycles. The van der Waals surface area contributed by atoms with E-state index >= 15 is 0 Å². The lowest BCUT2D eigenvalue weighted by molar-refractivity contribution is 0.599. The monoisotopic (exact) mass is 350 g/mol. The fourth-order valence-electron chi connectivity index (χ4n) is 1.94. The van der Waals surface area contributed by atoms with Crippen molar-refractivity contribution in [3.63, 3.8) is 0 Å². The van der Waals surface area contributed by atoms with Gasteiger partial charge in [-0.05, 0) is 38.1 Å². The Labute approximate surface area is 137 Å². The Morgan fingerprint density at radius 1 is 0.739 bits per heavy atom. The third-order valence-corrected chi connectivity index (χ3v) is 6.42. The molecule has 6 heteroatoms. The molecule has 4 nitrogen and oxygen atoms in total. The highest BCUT2D eigenvalue weighted by Gasteiger charge is 2.14. The fourth-order valence-corrected chi connectivity index (χ4v) is 4.18. The number of rotatable bonds is 5. The van der Waals surface area contributed by atoms with Gasteiger partial charge in [0.05, 0.1) is 15.5 Å². The Morgan fingerprint density at radius 2 is 1.17 bits per heavy atom. The normalized spacial score (nSPS) is 12.6. The van der Waals surface area contributed by atoms with Gasteiger partial charge in [0, 0.05) is 5.41 Å². The van der Waals surface area contributed by atoms with Gasteiger partial charge in [-0.3, -0.25) is 0 Å². The molecule has 0 N–H and O–H groups in total. The van der Waals surface area contributed by atoms with Crippen molar-refractivity contribution < 1.29 is 16.8 Å². The van der Waals surface area contributed by atoms with Crippen molar-refractivity contribution in [1.82, 2.24) is 0 Å². The van der Waals surface area contributed by atoms with Crippen LogP contribution in [0.2, 0.25) is 0 Å². The van der Waals surface area contributed by atoms with Gasteiger partial charge < -0.3 is 0 Å². The molecule has 0 heterocycles. The van der Waals surface area contributed by atoms with E-state index in [1.165, 1.54) is 30.3 Å². The van der Waals surface area contributed by atoms with Crippen LogP contribution < -0.4 is 0 Å². The summed E-state index contributed by atoms with van der Waals surface area (Å²) in [6.07, 6.45) is 1.17. The summed E-state index contributed by atoms with van der Waals surface area (Å²) in [5.74, 6) is -0.360. The smallest absolute Gasteiger partial charge is 0.199 e. The van der Waals surface area contributed by atoms with E-state index in [2.05, 4.69) is 0 Å². The van der Waals surface area contributed by atoms with Gasteiger partial charge >= 0.3 is 0 Å². The minimum atomic E-state index is -3.63. The zero-order valence-corrected chi connectivity index (χ0v) is 14.6. The number of hydrogen-bond acceptors (Lipinski definition) is 4. The van der Waals surface area contributed by atoms with Gasteiger partial charge in [0.1, 0.15) is 0 Å². The molecular weight excluding hydrogens is 332 g/mol. The molecule has 2 aromatic rings. The first-order chi connectivity index (χ1) is 10.7. The lowest BCUT2D eigenvalue weighted by Crippen LogP contribution is -2.05. The van der Waals surface area contributed by atoms with Crippen molar-refractivity contribution in [1.29, 1.82) is 0 Å². The van der Waals surface area contributed by atoms with E-state index in [-0.39, 0.29) is 15.5 Å². The molecule has 0 spiro atoms. The summed E-state index contributed by atoms with van der Waals surface area (Å²) < 4.78 is 48.6. The van der Waals surface area contributed by atoms with Crippen LogP contribution >= 0.6 is 0 Å². The van der Waals surface area contributed by atoms with Gasteiger partial charge in [0.15, 0.2) is 19.7 Å². The first-order valence-electron chi connectivity index (χ1n) is 6.98. The first kappa shape index (κ1) is 17.4. The molecule has 0 aromatic heterocycles. The number of sulfone groups is 2. The molecule has 0 fully saturated rings. The minimum absolute atomic E-state index is 0.145. The van der Waals surface area contributed by atoms with E-state index in [0.29, 0.717) is 0 Å². The van der Waals surface area contributed by atoms with Crippen LogP contribution in [-0.2, 0) is 19.7 Å². The lowest BCUT2D eigenvalue weighted by atomic mass is 10.2. The predicted octanol–water partition coefficient (Wildman–Crippen LogP) is 3.06. The quantitative estimate of drug-likeness (QED) is 0.831. The Morgan fingerprint density at radius 3 is 1.65 bits per heavy atom. The molecule has 0 atom stereocenters. The van der Waals surface area contributed by atoms with E-state index in [1.54, 1.807) is 24.3 Å². The summed E-state index contributed by atoms with van der Waals surface area (Å²) in [5, 5.41) is 0.948. The summed E-state index contributed by atoms with van der Waals surface area (Å²) in [6, 6.07) is 12.9. The summed E-state index contributed by atoms with van der Waals surface area (Å²) >= 11 is 0. The van der Waals surface area contributed by atoms with Crippen molar-refractivity contribution in [2.45, 2.75) is 23.6 Å². The van der Waals surface area contributed by atoms with Crippen LogP contribution in [0.3, 0.4) is 0 Å². The van der Waals surface area contributed by atoms with Crippen molar-refractivity contribution in [3.8, 4) is 0 Å². The van der Waals surface area contributed by atoms with Crippen molar-refractivity contribution in [2.75, 3.05) is 5.75 Å². The van der Waals surface area contributed by atoms with Gasteiger partial charge in [-0.25, -0.2) is 16.8 Å². The number of hydrogen-bond donors (Lipinski definition) is 0. The average Bonchev–Trinajstić information content (AvgIpc) is 2.47. The topological polar surface area (TPSA) is 68.3 Å². The molecule has 0 amide bonds. The van der Waals surface area contributed by atoms with E-state index in [9.17, 15) is 16.8 Å². The Balaban J connectivity index is 2.17. The highest BCUT2D eigenvalue weighted by Crippen LogP contribution is 2.15. The van der Waals surface area contributed by atoms with E-state index in [0.717, 1.165) is 16.5 Å². The van der Waals surface area contributed by atoms with Gasteiger partial charge in [-0.15, -0.1) is 0 Å². The minimum Gasteiger partial charge on any atom is -0.223 e. The summed E-state index contributed by atoms with van der Waals surface area (Å²) in [6.45, 7) is 3.73. The molecule has 0 aliphatic heterocycles. The number of aryl methyl sites for hydroxylation is 2. The van der Waals surface area contributed by atoms with Crippen LogP contribution in [0, 0.1) is 13.8 Å². The van der Waals surface area contributed by atoms with Crippen LogP contribution in [-0.4, -0.2) is 22.6 Å². The van der Waals surface area contributed by atoms with Crippen molar-refractivity contribution >= 4 is 19.7 Å². The van der Waals surface area contributed by atoms with E-state index in [1.807, 2.05) is 13.8 Å². The standard InChI is InChI=1S/C17H18O4S2/c1-14-4-8-16(9-5-14)22(18,19)12-3-13-23(20,21)17-10-6-15(2)7-11-17/h3-12H,13H2,1-2H3. The molecule has 0 aliphatic rings. The molecule has 0 unspecified atom stereocenters. The maximum Gasteiger partial charge on any atom is 0.199 e. The third kappa shape index (κ3) is 4.53. The molecule has 2 rings (SSSR count). The first-order valence-corrected chi connectivity index (χ1v) is 10.2. The molecule has 0 saturated carbocycles. The average molecular weight is 350 g/mol. The molecule has 0 aliphatic carbocycles. The molecule has 122 valence electrons. The second kappa shape index (κ2) is 6.68. The summed E-state index contributed by atoms with van der Waals surface area (Å²) in [4.78, 5) is 0.326. The molecule has 0 bridgehead atoms. The van der Waals surface area contributed by atoms with Gasteiger partial charge in [0.25, 0.3) is 0 Å². The highest BCUT2D eigenvalue weighted by molar-refractivity contribution is 7.94. The maximum absolute atomic E-state index is 12.2. The fraction of sp³-hybridized carbons (Fsp3) is 0.176. The zero-order valence-electron chi connectivity index (χ0n) is 12.9. The molecule has 0 saturated heterocycles. The largest absolute Gasteiger partial charge is 0.223 e.